The molecule has 0 aliphatic heterocycles. The Kier molecular flexibility index (Phi) is 3.53. The summed E-state index contributed by atoms with van der Waals surface area (Å²) in [6.07, 6.45) is 0. The third-order valence-corrected chi connectivity index (χ3v) is 4.08. The first-order valence-corrected chi connectivity index (χ1v) is 7.61. The molecule has 20 heavy (non-hydrogen) atoms. The lowest BCUT2D eigenvalue weighted by atomic mass is 10.0. The Morgan fingerprint density at radius 1 is 1.15 bits per heavy atom. The minimum atomic E-state index is 0.918. The largest absolute Gasteiger partial charge is 0.385 e. The van der Waals surface area contributed by atoms with Crippen LogP contribution in [0.15, 0.2) is 46.9 Å². The van der Waals surface area contributed by atoms with Gasteiger partial charge in [-0.1, -0.05) is 34.1 Å². The van der Waals surface area contributed by atoms with Crippen LogP contribution in [0, 0.1) is 6.92 Å². The van der Waals surface area contributed by atoms with Crippen LogP contribution in [-0.2, 0) is 0 Å². The molecule has 1 aromatic heterocycles. The van der Waals surface area contributed by atoms with E-state index in [1.54, 1.807) is 0 Å². The van der Waals surface area contributed by atoms with Crippen molar-refractivity contribution in [3.63, 3.8) is 0 Å². The van der Waals surface area contributed by atoms with E-state index in [0.717, 1.165) is 11.0 Å². The van der Waals surface area contributed by atoms with Gasteiger partial charge in [-0.25, -0.2) is 0 Å². The van der Waals surface area contributed by atoms with E-state index in [-0.39, 0.29) is 0 Å². The summed E-state index contributed by atoms with van der Waals surface area (Å²) in [5.74, 6) is 0. The highest BCUT2D eigenvalue weighted by molar-refractivity contribution is 9.10. The fourth-order valence-electron chi connectivity index (χ4n) is 2.61. The molecule has 102 valence electrons. The molecule has 0 bridgehead atoms. The quantitative estimate of drug-likeness (QED) is 0.667. The number of nitrogens with one attached hydrogen (secondary N) is 2. The van der Waals surface area contributed by atoms with Crippen molar-refractivity contribution in [2.75, 3.05) is 11.9 Å². The number of para-hydroxylation sites is 1. The first-order chi connectivity index (χ1) is 9.70. The van der Waals surface area contributed by atoms with Crippen molar-refractivity contribution in [2.24, 2.45) is 0 Å². The summed E-state index contributed by atoms with van der Waals surface area (Å²) >= 11 is 3.55. The molecule has 0 fully saturated rings. The van der Waals surface area contributed by atoms with Crippen molar-refractivity contribution < 1.29 is 0 Å². The molecule has 0 aliphatic rings. The van der Waals surface area contributed by atoms with Gasteiger partial charge in [0.2, 0.25) is 0 Å². The molecule has 3 rings (SSSR count). The lowest BCUT2D eigenvalue weighted by Gasteiger charge is -2.10. The van der Waals surface area contributed by atoms with Crippen LogP contribution in [0.5, 0.6) is 0 Å². The second-order valence-corrected chi connectivity index (χ2v) is 5.81. The summed E-state index contributed by atoms with van der Waals surface area (Å²) < 4.78 is 1.11. The molecular formula is C17H17BrN2. The maximum Gasteiger partial charge on any atom is 0.0515 e. The van der Waals surface area contributed by atoms with Crippen LogP contribution >= 0.6 is 15.9 Å². The molecule has 0 unspecified atom stereocenters. The number of benzene rings is 2. The minimum Gasteiger partial charge on any atom is -0.385 e. The van der Waals surface area contributed by atoms with Crippen molar-refractivity contribution in [3.05, 3.63) is 52.5 Å². The molecule has 0 radical (unpaired) electrons. The Balaban J connectivity index is 2.22. The number of fused-ring (bicyclic) bond motifs is 1. The van der Waals surface area contributed by atoms with Crippen LogP contribution in [0.25, 0.3) is 22.2 Å². The van der Waals surface area contributed by atoms with Gasteiger partial charge in [0.15, 0.2) is 0 Å². The molecule has 3 heteroatoms. The van der Waals surface area contributed by atoms with Crippen molar-refractivity contribution >= 4 is 32.5 Å². The Bertz CT molecular complexity index is 759. The lowest BCUT2D eigenvalue weighted by molar-refractivity contribution is 1.21. The highest BCUT2D eigenvalue weighted by atomic mass is 79.9. The van der Waals surface area contributed by atoms with Crippen molar-refractivity contribution in [3.8, 4) is 11.3 Å². The van der Waals surface area contributed by atoms with E-state index in [1.165, 1.54) is 33.4 Å². The summed E-state index contributed by atoms with van der Waals surface area (Å²) in [4.78, 5) is 3.55. The smallest absolute Gasteiger partial charge is 0.0515 e. The van der Waals surface area contributed by atoms with E-state index in [2.05, 4.69) is 82.5 Å². The number of aryl methyl sites for hydroxylation is 1. The Morgan fingerprint density at radius 2 is 1.95 bits per heavy atom. The number of hydrogen-bond acceptors (Lipinski definition) is 1. The summed E-state index contributed by atoms with van der Waals surface area (Å²) in [6.45, 7) is 5.21. The molecule has 0 amide bonds. The molecule has 1 heterocycles. The Hall–Kier alpha value is -1.74. The van der Waals surface area contributed by atoms with Crippen molar-refractivity contribution in [1.82, 2.24) is 4.98 Å². The lowest BCUT2D eigenvalue weighted by Crippen LogP contribution is -1.98. The van der Waals surface area contributed by atoms with E-state index in [4.69, 9.17) is 0 Å². The summed E-state index contributed by atoms with van der Waals surface area (Å²) in [7, 11) is 0. The number of aromatic nitrogens is 1. The predicted molar refractivity (Wildman–Crippen MR) is 90.3 cm³/mol. The van der Waals surface area contributed by atoms with Crippen molar-refractivity contribution in [2.45, 2.75) is 13.8 Å². The number of halogens is 1. The molecular weight excluding hydrogens is 312 g/mol. The monoisotopic (exact) mass is 328 g/mol. The first-order valence-electron chi connectivity index (χ1n) is 6.82. The standard InChI is InChI=1S/C17H17BrN2/c1-3-19-15-7-5-4-6-13(15)17-11(2)14-10-12(18)8-9-16(14)20-17/h4-10,19-20H,3H2,1-2H3. The third-order valence-electron chi connectivity index (χ3n) is 3.58. The fraction of sp³-hybridized carbons (Fsp3) is 0.176. The van der Waals surface area contributed by atoms with E-state index < -0.39 is 0 Å². The van der Waals surface area contributed by atoms with Crippen LogP contribution in [0.1, 0.15) is 12.5 Å². The van der Waals surface area contributed by atoms with Crippen LogP contribution in [0.4, 0.5) is 5.69 Å². The SMILES string of the molecule is CCNc1ccccc1-c1[nH]c2ccc(Br)cc2c1C. The van der Waals surface area contributed by atoms with Gasteiger partial charge in [0, 0.05) is 33.2 Å². The van der Waals surface area contributed by atoms with Crippen LogP contribution in [0.2, 0.25) is 0 Å². The van der Waals surface area contributed by atoms with Gasteiger partial charge in [-0.2, -0.15) is 0 Å². The number of H-pyrrole nitrogens is 1. The first kappa shape index (κ1) is 13.3. The molecule has 3 aromatic rings. The normalized spacial score (nSPS) is 10.9. The fourth-order valence-corrected chi connectivity index (χ4v) is 2.97. The molecule has 2 nitrogen and oxygen atoms in total. The second kappa shape index (κ2) is 5.33. The summed E-state index contributed by atoms with van der Waals surface area (Å²) in [5, 5.41) is 4.69. The maximum absolute atomic E-state index is 3.55. The van der Waals surface area contributed by atoms with Crippen LogP contribution in [-0.4, -0.2) is 11.5 Å². The van der Waals surface area contributed by atoms with Gasteiger partial charge in [-0.15, -0.1) is 0 Å². The van der Waals surface area contributed by atoms with E-state index >= 15 is 0 Å². The van der Waals surface area contributed by atoms with E-state index in [0.29, 0.717) is 0 Å². The highest BCUT2D eigenvalue weighted by Crippen LogP contribution is 2.34. The second-order valence-electron chi connectivity index (χ2n) is 4.89. The molecule has 0 saturated carbocycles. The van der Waals surface area contributed by atoms with Gasteiger partial charge in [0.1, 0.15) is 0 Å². The van der Waals surface area contributed by atoms with Crippen LogP contribution < -0.4 is 5.32 Å². The Labute approximate surface area is 127 Å². The van der Waals surface area contributed by atoms with Gasteiger partial charge in [0.05, 0.1) is 5.69 Å². The van der Waals surface area contributed by atoms with Crippen molar-refractivity contribution in [1.29, 1.82) is 0 Å². The maximum atomic E-state index is 3.55. The van der Waals surface area contributed by atoms with Crippen LogP contribution in [0.3, 0.4) is 0 Å². The molecule has 0 aliphatic carbocycles. The zero-order chi connectivity index (χ0) is 14.1. The number of hydrogen-bond donors (Lipinski definition) is 2. The average molecular weight is 329 g/mol. The van der Waals surface area contributed by atoms with E-state index in [9.17, 15) is 0 Å². The molecule has 0 spiro atoms. The van der Waals surface area contributed by atoms with Gasteiger partial charge in [0.25, 0.3) is 0 Å². The molecule has 0 atom stereocenters. The van der Waals surface area contributed by atoms with Gasteiger partial charge >= 0.3 is 0 Å². The summed E-state index contributed by atoms with van der Waals surface area (Å²) in [6, 6.07) is 14.8. The zero-order valence-electron chi connectivity index (χ0n) is 11.6. The average Bonchev–Trinajstić information content (AvgIpc) is 2.77. The number of rotatable bonds is 3. The predicted octanol–water partition coefficient (Wildman–Crippen LogP) is 5.34. The topological polar surface area (TPSA) is 27.8 Å². The Morgan fingerprint density at radius 3 is 2.75 bits per heavy atom. The van der Waals surface area contributed by atoms with Gasteiger partial charge in [-0.3, -0.25) is 0 Å². The minimum absolute atomic E-state index is 0.918. The number of anilines is 1. The number of aromatic amines is 1. The third kappa shape index (κ3) is 2.22. The van der Waals surface area contributed by atoms with E-state index in [1.807, 2.05) is 0 Å². The van der Waals surface area contributed by atoms with Gasteiger partial charge < -0.3 is 10.3 Å². The molecule has 0 saturated heterocycles. The van der Waals surface area contributed by atoms with Gasteiger partial charge in [-0.05, 0) is 43.7 Å². The molecule has 2 N–H and O–H groups in total. The zero-order valence-corrected chi connectivity index (χ0v) is 13.2. The summed E-state index contributed by atoms with van der Waals surface area (Å²) in [5.41, 5.74) is 6.04. The molecule has 2 aromatic carbocycles. The highest BCUT2D eigenvalue weighted by Gasteiger charge is 2.12.